The molecule has 0 fully saturated rings. The molecular formula is C22H24N4O6S. The van der Waals surface area contributed by atoms with Crippen LogP contribution in [0, 0.1) is 6.92 Å². The fourth-order valence-electron chi connectivity index (χ4n) is 3.06. The Bertz CT molecular complexity index is 1410. The lowest BCUT2D eigenvalue weighted by molar-refractivity contribution is -0.123. The number of carbonyl (C=O) groups excluding carboxylic acids is 2. The zero-order chi connectivity index (χ0) is 24.5. The highest BCUT2D eigenvalue weighted by Crippen LogP contribution is 2.22. The molecule has 1 N–H and O–H groups in total. The van der Waals surface area contributed by atoms with Gasteiger partial charge in [0.2, 0.25) is 10.0 Å². The summed E-state index contributed by atoms with van der Waals surface area (Å²) in [5.41, 5.74) is 0.445. The Morgan fingerprint density at radius 2 is 1.76 bits per heavy atom. The minimum absolute atomic E-state index is 0.0129. The predicted molar refractivity (Wildman–Crippen MR) is 123 cm³/mol. The lowest BCUT2D eigenvalue weighted by atomic mass is 10.1. The van der Waals surface area contributed by atoms with Crippen LogP contribution >= 0.6 is 0 Å². The number of fused-ring (bicyclic) bond motifs is 1. The molecule has 0 aliphatic heterocycles. The molecule has 174 valence electrons. The van der Waals surface area contributed by atoms with E-state index in [1.165, 1.54) is 40.2 Å². The first-order valence-corrected chi connectivity index (χ1v) is 11.4. The second-order valence-corrected chi connectivity index (χ2v) is 9.78. The van der Waals surface area contributed by atoms with Crippen molar-refractivity contribution in [3.05, 3.63) is 64.1 Å². The average molecular weight is 473 g/mol. The predicted octanol–water partition coefficient (Wildman–Crippen LogP) is 1.68. The molecule has 0 aliphatic rings. The Labute approximate surface area is 190 Å². The van der Waals surface area contributed by atoms with E-state index in [0.717, 1.165) is 8.99 Å². The third-order valence-corrected chi connectivity index (χ3v) is 6.86. The highest BCUT2D eigenvalue weighted by atomic mass is 32.2. The number of nitrogens with zero attached hydrogens (tertiary/aromatic N) is 3. The average Bonchev–Trinajstić information content (AvgIpc) is 2.77. The number of hydrogen-bond donors (Lipinski definition) is 1. The second-order valence-electron chi connectivity index (χ2n) is 7.62. The van der Waals surface area contributed by atoms with Crippen LogP contribution in [0.1, 0.15) is 23.0 Å². The lowest BCUT2D eigenvalue weighted by Gasteiger charge is -2.17. The van der Waals surface area contributed by atoms with Crippen LogP contribution in [0.5, 0.6) is 0 Å². The van der Waals surface area contributed by atoms with Gasteiger partial charge < -0.3 is 10.1 Å². The molecule has 33 heavy (non-hydrogen) atoms. The number of rotatable bonds is 6. The summed E-state index contributed by atoms with van der Waals surface area (Å²) in [6.07, 6.45) is -1.22. The summed E-state index contributed by atoms with van der Waals surface area (Å²) in [6, 6.07) is 10.8. The number of aromatic nitrogens is 2. The number of hydrogen-bond acceptors (Lipinski definition) is 7. The summed E-state index contributed by atoms with van der Waals surface area (Å²) >= 11 is 0. The van der Waals surface area contributed by atoms with E-state index >= 15 is 0 Å². The van der Waals surface area contributed by atoms with Gasteiger partial charge >= 0.3 is 5.97 Å². The number of amides is 1. The van der Waals surface area contributed by atoms with E-state index in [1.54, 1.807) is 37.3 Å². The van der Waals surface area contributed by atoms with Crippen LogP contribution in [0.2, 0.25) is 0 Å². The van der Waals surface area contributed by atoms with E-state index in [4.69, 9.17) is 4.74 Å². The maximum absolute atomic E-state index is 12.8. The van der Waals surface area contributed by atoms with Crippen LogP contribution in [0.25, 0.3) is 10.8 Å². The molecule has 0 aliphatic carbocycles. The van der Waals surface area contributed by atoms with Crippen LogP contribution in [0.4, 0.5) is 5.69 Å². The van der Waals surface area contributed by atoms with E-state index < -0.39 is 28.0 Å². The summed E-state index contributed by atoms with van der Waals surface area (Å²) in [4.78, 5) is 37.7. The quantitative estimate of drug-likeness (QED) is 0.541. The van der Waals surface area contributed by atoms with Crippen molar-refractivity contribution >= 4 is 38.4 Å². The zero-order valence-electron chi connectivity index (χ0n) is 18.8. The molecule has 1 aromatic heterocycles. The van der Waals surface area contributed by atoms with Gasteiger partial charge in [0.15, 0.2) is 11.8 Å². The van der Waals surface area contributed by atoms with Crippen LogP contribution in [0.3, 0.4) is 0 Å². The fourth-order valence-corrected chi connectivity index (χ4v) is 3.99. The maximum Gasteiger partial charge on any atom is 0.360 e. The molecule has 1 amide bonds. The van der Waals surface area contributed by atoms with Gasteiger partial charge in [0.25, 0.3) is 11.5 Å². The van der Waals surface area contributed by atoms with Gasteiger partial charge in [-0.05, 0) is 37.6 Å². The fraction of sp³-hybridized carbons (Fsp3) is 0.273. The van der Waals surface area contributed by atoms with Crippen molar-refractivity contribution in [3.8, 4) is 0 Å². The summed E-state index contributed by atoms with van der Waals surface area (Å²) in [7, 11) is 0.538. The Morgan fingerprint density at radius 1 is 1.12 bits per heavy atom. The van der Waals surface area contributed by atoms with Gasteiger partial charge in [-0.25, -0.2) is 22.2 Å². The number of anilines is 1. The largest absolute Gasteiger partial charge is 0.448 e. The zero-order valence-corrected chi connectivity index (χ0v) is 19.6. The third-order valence-electron chi connectivity index (χ3n) is 5.05. The molecule has 0 saturated carbocycles. The molecule has 0 spiro atoms. The highest BCUT2D eigenvalue weighted by Gasteiger charge is 2.24. The normalized spacial score (nSPS) is 12.5. The van der Waals surface area contributed by atoms with E-state index in [-0.39, 0.29) is 21.8 Å². The molecular weight excluding hydrogens is 448 g/mol. The minimum atomic E-state index is -3.70. The Balaban J connectivity index is 1.83. The van der Waals surface area contributed by atoms with Crippen molar-refractivity contribution in [2.75, 3.05) is 19.4 Å². The number of nitrogens with one attached hydrogen (secondary N) is 1. The highest BCUT2D eigenvalue weighted by molar-refractivity contribution is 7.89. The number of esters is 1. The molecule has 0 saturated heterocycles. The second kappa shape index (κ2) is 9.12. The van der Waals surface area contributed by atoms with E-state index in [2.05, 4.69) is 10.4 Å². The number of carbonyl (C=O) groups is 2. The van der Waals surface area contributed by atoms with E-state index in [0.29, 0.717) is 16.3 Å². The van der Waals surface area contributed by atoms with E-state index in [9.17, 15) is 22.8 Å². The summed E-state index contributed by atoms with van der Waals surface area (Å²) in [5.74, 6) is -1.52. The Morgan fingerprint density at radius 3 is 2.39 bits per heavy atom. The monoisotopic (exact) mass is 472 g/mol. The molecule has 2 aromatic carbocycles. The first-order chi connectivity index (χ1) is 15.4. The summed E-state index contributed by atoms with van der Waals surface area (Å²) in [6.45, 7) is 3.09. The van der Waals surface area contributed by atoms with Crippen molar-refractivity contribution in [3.63, 3.8) is 0 Å². The van der Waals surface area contributed by atoms with Crippen molar-refractivity contribution in [1.82, 2.24) is 14.1 Å². The molecule has 11 heteroatoms. The van der Waals surface area contributed by atoms with Crippen molar-refractivity contribution in [2.24, 2.45) is 7.05 Å². The SMILES string of the molecule is Cc1ccc(S(=O)(=O)N(C)C)cc1NC(=O)C(C)OC(=O)c1nn(C)c(=O)c2ccccc12. The van der Waals surface area contributed by atoms with Crippen LogP contribution in [-0.2, 0) is 26.6 Å². The minimum Gasteiger partial charge on any atom is -0.448 e. The molecule has 1 heterocycles. The maximum atomic E-state index is 12.8. The number of ether oxygens (including phenoxy) is 1. The summed E-state index contributed by atoms with van der Waals surface area (Å²) in [5, 5.41) is 7.21. The first-order valence-electron chi connectivity index (χ1n) is 9.94. The van der Waals surface area contributed by atoms with Crippen molar-refractivity contribution < 1.29 is 22.7 Å². The Kier molecular flexibility index (Phi) is 6.65. The van der Waals surface area contributed by atoms with Crippen LogP contribution in [0.15, 0.2) is 52.2 Å². The van der Waals surface area contributed by atoms with Gasteiger partial charge in [-0.1, -0.05) is 24.3 Å². The smallest absolute Gasteiger partial charge is 0.360 e. The Hall–Kier alpha value is -3.57. The molecule has 1 unspecified atom stereocenters. The van der Waals surface area contributed by atoms with Crippen LogP contribution in [-0.4, -0.2) is 54.6 Å². The number of sulfonamides is 1. The molecule has 0 bridgehead atoms. The molecule has 3 rings (SSSR count). The number of benzene rings is 2. The van der Waals surface area contributed by atoms with Gasteiger partial charge in [-0.2, -0.15) is 5.10 Å². The van der Waals surface area contributed by atoms with Gasteiger partial charge in [-0.3, -0.25) is 9.59 Å². The van der Waals surface area contributed by atoms with Gasteiger partial charge in [0.05, 0.1) is 10.3 Å². The van der Waals surface area contributed by atoms with Gasteiger partial charge in [0.1, 0.15) is 0 Å². The molecule has 1 atom stereocenters. The molecule has 0 radical (unpaired) electrons. The third kappa shape index (κ3) is 4.78. The number of aryl methyl sites for hydroxylation is 2. The lowest BCUT2D eigenvalue weighted by Crippen LogP contribution is -2.32. The summed E-state index contributed by atoms with van der Waals surface area (Å²) < 4.78 is 32.2. The molecule has 3 aromatic rings. The molecule has 10 nitrogen and oxygen atoms in total. The van der Waals surface area contributed by atoms with Crippen LogP contribution < -0.4 is 10.9 Å². The van der Waals surface area contributed by atoms with E-state index in [1.807, 2.05) is 0 Å². The van der Waals surface area contributed by atoms with Crippen molar-refractivity contribution in [2.45, 2.75) is 24.8 Å². The topological polar surface area (TPSA) is 128 Å². The van der Waals surface area contributed by atoms with Gasteiger partial charge in [-0.15, -0.1) is 0 Å². The van der Waals surface area contributed by atoms with Crippen molar-refractivity contribution in [1.29, 1.82) is 0 Å². The standard InChI is InChI=1S/C22H24N4O6S/c1-13-10-11-15(33(30,31)25(3)4)12-18(13)23-20(27)14(2)32-22(29)19-16-8-6-7-9-17(16)21(28)26(5)24-19/h6-12,14H,1-5H3,(H,23,27). The first kappa shape index (κ1) is 24.1. The van der Waals surface area contributed by atoms with Gasteiger partial charge in [0, 0.05) is 32.2 Å².